The summed E-state index contributed by atoms with van der Waals surface area (Å²) in [7, 11) is 0. The van der Waals surface area contributed by atoms with Gasteiger partial charge in [-0.05, 0) is 61.9 Å². The molecular weight excluding hydrogens is 436 g/mol. The van der Waals surface area contributed by atoms with Crippen LogP contribution in [-0.4, -0.2) is 53.5 Å². The highest BCUT2D eigenvalue weighted by Crippen LogP contribution is 2.27. The first-order valence-electron chi connectivity index (χ1n) is 12.8. The maximum Gasteiger partial charge on any atom is 0.227 e. The summed E-state index contributed by atoms with van der Waals surface area (Å²) in [5, 5.41) is 6.37. The zero-order chi connectivity index (χ0) is 24.0. The molecule has 0 bridgehead atoms. The Hall–Kier alpha value is -3.45. The molecule has 0 atom stereocenters. The van der Waals surface area contributed by atoms with Crippen LogP contribution in [0, 0.1) is 5.92 Å². The summed E-state index contributed by atoms with van der Waals surface area (Å²) in [5.74, 6) is 0.856. The molecule has 0 spiro atoms. The molecule has 2 fully saturated rings. The second-order valence-electron chi connectivity index (χ2n) is 9.41. The molecule has 2 aliphatic rings. The van der Waals surface area contributed by atoms with Gasteiger partial charge in [-0.15, -0.1) is 0 Å². The molecule has 35 heavy (non-hydrogen) atoms. The highest BCUT2D eigenvalue weighted by molar-refractivity contribution is 5.92. The van der Waals surface area contributed by atoms with E-state index < -0.39 is 0 Å². The number of amides is 1. The molecule has 2 N–H and O–H groups in total. The second-order valence-corrected chi connectivity index (χ2v) is 9.41. The number of nitrogens with one attached hydrogen (secondary N) is 2. The number of rotatable bonds is 7. The predicted molar refractivity (Wildman–Crippen MR) is 142 cm³/mol. The lowest BCUT2D eigenvalue weighted by Crippen LogP contribution is -2.46. The molecule has 182 valence electrons. The van der Waals surface area contributed by atoms with Gasteiger partial charge in [0.2, 0.25) is 11.9 Å². The Balaban J connectivity index is 1.20. The van der Waals surface area contributed by atoms with Crippen LogP contribution < -0.4 is 15.5 Å². The average molecular weight is 471 g/mol. The quantitative estimate of drug-likeness (QED) is 0.497. The van der Waals surface area contributed by atoms with Crippen LogP contribution in [0.3, 0.4) is 0 Å². The molecule has 2 heterocycles. The van der Waals surface area contributed by atoms with Gasteiger partial charge >= 0.3 is 0 Å². The largest absolute Gasteiger partial charge is 0.369 e. The lowest BCUT2D eigenvalue weighted by atomic mass is 10.1. The van der Waals surface area contributed by atoms with Crippen LogP contribution in [0.15, 0.2) is 60.8 Å². The number of hydrogen-bond acceptors (Lipinski definition) is 6. The molecule has 0 unspecified atom stereocenters. The van der Waals surface area contributed by atoms with Gasteiger partial charge in [-0.1, -0.05) is 31.9 Å². The van der Waals surface area contributed by atoms with Crippen molar-refractivity contribution in [1.29, 1.82) is 0 Å². The number of benzene rings is 2. The van der Waals surface area contributed by atoms with E-state index in [1.807, 2.05) is 30.3 Å². The Morgan fingerprint density at radius 2 is 1.60 bits per heavy atom. The van der Waals surface area contributed by atoms with E-state index in [1.165, 1.54) is 5.69 Å². The fourth-order valence-corrected chi connectivity index (χ4v) is 4.94. The van der Waals surface area contributed by atoms with Crippen LogP contribution in [0.2, 0.25) is 0 Å². The zero-order valence-corrected chi connectivity index (χ0v) is 20.4. The van der Waals surface area contributed by atoms with Crippen molar-refractivity contribution in [3.05, 3.63) is 60.8 Å². The highest BCUT2D eigenvalue weighted by Gasteiger charge is 2.22. The molecule has 1 aliphatic carbocycles. The summed E-state index contributed by atoms with van der Waals surface area (Å²) in [4.78, 5) is 26.4. The summed E-state index contributed by atoms with van der Waals surface area (Å²) in [6, 6.07) is 18.2. The van der Waals surface area contributed by atoms with Gasteiger partial charge in [0.05, 0.1) is 5.69 Å². The van der Waals surface area contributed by atoms with Gasteiger partial charge in [-0.25, -0.2) is 9.97 Å². The number of hydrogen-bond donors (Lipinski definition) is 2. The lowest BCUT2D eigenvalue weighted by molar-refractivity contribution is -0.119. The minimum Gasteiger partial charge on any atom is -0.369 e. The average Bonchev–Trinajstić information content (AvgIpc) is 3.45. The minimum atomic E-state index is 0.137. The van der Waals surface area contributed by atoms with Crippen LogP contribution in [-0.2, 0) is 4.79 Å². The predicted octanol–water partition coefficient (Wildman–Crippen LogP) is 5.16. The summed E-state index contributed by atoms with van der Waals surface area (Å²) < 4.78 is 0. The Labute approximate surface area is 207 Å². The maximum absolute atomic E-state index is 12.4. The number of carbonyl (C=O) groups is 1. The van der Waals surface area contributed by atoms with Gasteiger partial charge in [0, 0.05) is 60.9 Å². The summed E-state index contributed by atoms with van der Waals surface area (Å²) >= 11 is 0. The first kappa shape index (κ1) is 23.3. The van der Waals surface area contributed by atoms with Gasteiger partial charge in [-0.3, -0.25) is 4.79 Å². The van der Waals surface area contributed by atoms with Crippen molar-refractivity contribution >= 4 is 28.9 Å². The maximum atomic E-state index is 12.4. The van der Waals surface area contributed by atoms with Crippen molar-refractivity contribution in [2.75, 3.05) is 48.3 Å². The Morgan fingerprint density at radius 3 is 2.29 bits per heavy atom. The van der Waals surface area contributed by atoms with E-state index in [2.05, 4.69) is 56.6 Å². The third kappa shape index (κ3) is 5.80. The third-order valence-electron chi connectivity index (χ3n) is 7.14. The molecule has 5 rings (SSSR count). The first-order chi connectivity index (χ1) is 17.2. The van der Waals surface area contributed by atoms with Crippen LogP contribution >= 0.6 is 0 Å². The van der Waals surface area contributed by atoms with Crippen LogP contribution in [0.5, 0.6) is 0 Å². The fraction of sp³-hybridized carbons (Fsp3) is 0.393. The van der Waals surface area contributed by atoms with E-state index in [1.54, 1.807) is 6.20 Å². The number of piperazine rings is 1. The SMILES string of the molecule is CCN1CCN(c2ccc(Nc3nccc(-c4ccc(NC(=O)C5CCCC5)cc4)n3)cc2)CC1. The van der Waals surface area contributed by atoms with E-state index in [9.17, 15) is 4.79 Å². The van der Waals surface area contributed by atoms with Crippen LogP contribution in [0.25, 0.3) is 11.3 Å². The van der Waals surface area contributed by atoms with Crippen molar-refractivity contribution < 1.29 is 4.79 Å². The van der Waals surface area contributed by atoms with Crippen molar-refractivity contribution in [2.45, 2.75) is 32.6 Å². The summed E-state index contributed by atoms with van der Waals surface area (Å²) in [6.45, 7) is 7.70. The number of carbonyl (C=O) groups excluding carboxylic acids is 1. The Morgan fingerprint density at radius 1 is 0.914 bits per heavy atom. The van der Waals surface area contributed by atoms with E-state index >= 15 is 0 Å². The third-order valence-corrected chi connectivity index (χ3v) is 7.14. The molecule has 0 radical (unpaired) electrons. The molecule has 1 saturated carbocycles. The van der Waals surface area contributed by atoms with Gasteiger partial charge in [0.15, 0.2) is 0 Å². The minimum absolute atomic E-state index is 0.137. The van der Waals surface area contributed by atoms with Gasteiger partial charge in [0.1, 0.15) is 0 Å². The smallest absolute Gasteiger partial charge is 0.227 e. The van der Waals surface area contributed by atoms with Crippen LogP contribution in [0.1, 0.15) is 32.6 Å². The topological polar surface area (TPSA) is 73.4 Å². The number of nitrogens with zero attached hydrogens (tertiary/aromatic N) is 4. The standard InChI is InChI=1S/C28H34N6O/c1-2-33-17-19-34(20-18-33)25-13-11-24(12-14-25)31-28-29-16-15-26(32-28)21-7-9-23(10-8-21)30-27(35)22-5-3-4-6-22/h7-16,22H,2-6,17-20H2,1H3,(H,30,35)(H,29,31,32). The summed E-state index contributed by atoms with van der Waals surface area (Å²) in [6.07, 6.45) is 6.07. The molecule has 3 aromatic rings. The zero-order valence-electron chi connectivity index (χ0n) is 20.4. The van der Waals surface area contributed by atoms with E-state index in [-0.39, 0.29) is 11.8 Å². The molecule has 1 aromatic heterocycles. The van der Waals surface area contributed by atoms with Crippen LogP contribution in [0.4, 0.5) is 23.0 Å². The van der Waals surface area contributed by atoms with Crippen molar-refractivity contribution in [1.82, 2.24) is 14.9 Å². The van der Waals surface area contributed by atoms with Crippen molar-refractivity contribution in [3.8, 4) is 11.3 Å². The molecule has 1 saturated heterocycles. The highest BCUT2D eigenvalue weighted by atomic mass is 16.1. The molecule has 2 aromatic carbocycles. The summed E-state index contributed by atoms with van der Waals surface area (Å²) in [5.41, 5.74) is 4.86. The first-order valence-corrected chi connectivity index (χ1v) is 12.8. The Kier molecular flexibility index (Phi) is 7.23. The fourth-order valence-electron chi connectivity index (χ4n) is 4.94. The molecule has 7 nitrogen and oxygen atoms in total. The van der Waals surface area contributed by atoms with Crippen molar-refractivity contribution in [3.63, 3.8) is 0 Å². The van der Waals surface area contributed by atoms with Gasteiger partial charge in [0.25, 0.3) is 0 Å². The number of anilines is 4. The molecular formula is C28H34N6O. The van der Waals surface area contributed by atoms with Crippen molar-refractivity contribution in [2.24, 2.45) is 5.92 Å². The molecule has 1 aliphatic heterocycles. The monoisotopic (exact) mass is 470 g/mol. The van der Waals surface area contributed by atoms with E-state index in [0.717, 1.165) is 81.0 Å². The second kappa shape index (κ2) is 10.9. The normalized spacial score (nSPS) is 16.9. The van der Waals surface area contributed by atoms with Gasteiger partial charge in [-0.2, -0.15) is 0 Å². The number of aromatic nitrogens is 2. The molecule has 7 heteroatoms. The molecule has 1 amide bonds. The van der Waals surface area contributed by atoms with E-state index in [0.29, 0.717) is 5.95 Å². The number of likely N-dealkylation sites (N-methyl/N-ethyl adjacent to an activating group) is 1. The lowest BCUT2D eigenvalue weighted by Gasteiger charge is -2.35. The van der Waals surface area contributed by atoms with Gasteiger partial charge < -0.3 is 20.4 Å². The Bertz CT molecular complexity index is 1120. The van der Waals surface area contributed by atoms with E-state index in [4.69, 9.17) is 4.98 Å².